The lowest BCUT2D eigenvalue weighted by atomic mass is 10.3. The Hall–Kier alpha value is -1.41. The Morgan fingerprint density at radius 3 is 2.65 bits per heavy atom. The molecule has 0 aromatic carbocycles. The highest BCUT2D eigenvalue weighted by Gasteiger charge is 2.35. The van der Waals surface area contributed by atoms with Gasteiger partial charge in [0.2, 0.25) is 0 Å². The Morgan fingerprint density at radius 1 is 1.40 bits per heavy atom. The summed E-state index contributed by atoms with van der Waals surface area (Å²) in [5.74, 6) is 0.508. The second kappa shape index (κ2) is 4.56. The molecule has 0 aliphatic heterocycles. The molecule has 1 saturated carbocycles. The predicted molar refractivity (Wildman–Crippen MR) is 73.0 cm³/mol. The zero-order valence-electron chi connectivity index (χ0n) is 11.1. The minimum absolute atomic E-state index is 0.101. The molecule has 20 heavy (non-hydrogen) atoms. The lowest BCUT2D eigenvalue weighted by Crippen LogP contribution is -2.08. The van der Waals surface area contributed by atoms with Crippen molar-refractivity contribution in [1.29, 1.82) is 0 Å². The van der Waals surface area contributed by atoms with E-state index in [4.69, 9.17) is 10.7 Å². The standard InChI is InChI=1S/C11H14ClN5O2S/c1-3-16-9(6-7(2)15-16)10-13-14-11(20(12,18)19)17(10)8-4-5-8/h6,8H,3-5H2,1-2H3. The van der Waals surface area contributed by atoms with E-state index in [9.17, 15) is 8.42 Å². The van der Waals surface area contributed by atoms with Crippen molar-refractivity contribution in [2.45, 2.75) is 44.4 Å². The van der Waals surface area contributed by atoms with Crippen molar-refractivity contribution < 1.29 is 8.42 Å². The molecule has 7 nitrogen and oxygen atoms in total. The Kier molecular flexibility index (Phi) is 3.09. The maximum absolute atomic E-state index is 11.6. The number of halogens is 1. The predicted octanol–water partition coefficient (Wildman–Crippen LogP) is 1.73. The number of aromatic nitrogens is 5. The first-order chi connectivity index (χ1) is 9.41. The average molecular weight is 316 g/mol. The molecule has 9 heteroatoms. The van der Waals surface area contributed by atoms with Crippen molar-refractivity contribution in [3.8, 4) is 11.5 Å². The maximum Gasteiger partial charge on any atom is 0.296 e. The van der Waals surface area contributed by atoms with Crippen molar-refractivity contribution in [3.63, 3.8) is 0 Å². The molecule has 0 amide bonds. The van der Waals surface area contributed by atoms with Gasteiger partial charge < -0.3 is 0 Å². The van der Waals surface area contributed by atoms with E-state index in [1.54, 1.807) is 9.25 Å². The average Bonchev–Trinajstić information content (AvgIpc) is 2.98. The van der Waals surface area contributed by atoms with Crippen LogP contribution in [0, 0.1) is 6.92 Å². The first-order valence-corrected chi connectivity index (χ1v) is 8.67. The molecule has 0 N–H and O–H groups in total. The minimum Gasteiger partial charge on any atom is -0.292 e. The quantitative estimate of drug-likeness (QED) is 0.802. The smallest absolute Gasteiger partial charge is 0.292 e. The third-order valence-corrected chi connectivity index (χ3v) is 4.35. The van der Waals surface area contributed by atoms with Gasteiger partial charge >= 0.3 is 0 Å². The molecule has 0 atom stereocenters. The Labute approximate surface area is 121 Å². The fourth-order valence-electron chi connectivity index (χ4n) is 2.25. The number of rotatable bonds is 4. The van der Waals surface area contributed by atoms with Gasteiger partial charge in [0, 0.05) is 23.3 Å². The fourth-order valence-corrected chi connectivity index (χ4v) is 3.17. The van der Waals surface area contributed by atoms with E-state index in [-0.39, 0.29) is 11.2 Å². The van der Waals surface area contributed by atoms with Gasteiger partial charge in [0.25, 0.3) is 14.2 Å². The van der Waals surface area contributed by atoms with E-state index in [0.717, 1.165) is 24.2 Å². The second-order valence-electron chi connectivity index (χ2n) is 4.83. The number of hydrogen-bond donors (Lipinski definition) is 0. The van der Waals surface area contributed by atoms with Crippen molar-refractivity contribution in [1.82, 2.24) is 24.5 Å². The zero-order valence-corrected chi connectivity index (χ0v) is 12.7. The Morgan fingerprint density at radius 2 is 2.10 bits per heavy atom. The zero-order chi connectivity index (χ0) is 14.5. The second-order valence-corrected chi connectivity index (χ2v) is 7.29. The summed E-state index contributed by atoms with van der Waals surface area (Å²) in [7, 11) is 1.54. The lowest BCUT2D eigenvalue weighted by molar-refractivity contribution is 0.577. The molecule has 2 aromatic rings. The number of hydrogen-bond acceptors (Lipinski definition) is 5. The van der Waals surface area contributed by atoms with Gasteiger partial charge in [-0.05, 0) is 32.8 Å². The summed E-state index contributed by atoms with van der Waals surface area (Å²) in [4.78, 5) is 0. The van der Waals surface area contributed by atoms with Gasteiger partial charge in [0.05, 0.1) is 5.69 Å². The van der Waals surface area contributed by atoms with Gasteiger partial charge in [-0.1, -0.05) is 0 Å². The monoisotopic (exact) mass is 315 g/mol. The van der Waals surface area contributed by atoms with Crippen LogP contribution in [0.25, 0.3) is 11.5 Å². The Bertz CT molecular complexity index is 760. The summed E-state index contributed by atoms with van der Waals surface area (Å²) < 4.78 is 26.6. The molecular formula is C11H14ClN5O2S. The highest BCUT2D eigenvalue weighted by Crippen LogP contribution is 2.40. The number of nitrogens with zero attached hydrogens (tertiary/aromatic N) is 5. The van der Waals surface area contributed by atoms with Crippen LogP contribution in [0.15, 0.2) is 11.2 Å². The summed E-state index contributed by atoms with van der Waals surface area (Å²) in [5, 5.41) is 12.0. The van der Waals surface area contributed by atoms with E-state index in [1.807, 2.05) is 19.9 Å². The molecular weight excluding hydrogens is 302 g/mol. The molecule has 1 fully saturated rings. The van der Waals surface area contributed by atoms with Gasteiger partial charge in [0.1, 0.15) is 5.69 Å². The minimum atomic E-state index is -3.91. The third-order valence-electron chi connectivity index (χ3n) is 3.23. The maximum atomic E-state index is 11.6. The highest BCUT2D eigenvalue weighted by atomic mass is 35.7. The topological polar surface area (TPSA) is 82.7 Å². The van der Waals surface area contributed by atoms with Crippen LogP contribution in [0.5, 0.6) is 0 Å². The normalized spacial score (nSPS) is 15.8. The highest BCUT2D eigenvalue weighted by molar-refractivity contribution is 8.13. The summed E-state index contributed by atoms with van der Waals surface area (Å²) >= 11 is 0. The SMILES string of the molecule is CCn1nc(C)cc1-c1nnc(S(=O)(=O)Cl)n1C1CC1. The van der Waals surface area contributed by atoms with E-state index >= 15 is 0 Å². The lowest BCUT2D eigenvalue weighted by Gasteiger charge is -2.08. The summed E-state index contributed by atoms with van der Waals surface area (Å²) in [5.41, 5.74) is 1.61. The van der Waals surface area contributed by atoms with Gasteiger partial charge in [-0.15, -0.1) is 10.2 Å². The molecule has 2 aromatic heterocycles. The molecule has 2 heterocycles. The van der Waals surface area contributed by atoms with Crippen LogP contribution in [0.1, 0.15) is 31.5 Å². The molecule has 108 valence electrons. The molecule has 1 aliphatic carbocycles. The third kappa shape index (κ3) is 2.22. The van der Waals surface area contributed by atoms with Crippen LogP contribution in [0.4, 0.5) is 0 Å². The van der Waals surface area contributed by atoms with Crippen molar-refractivity contribution >= 4 is 19.7 Å². The molecule has 1 aliphatic rings. The van der Waals surface area contributed by atoms with Crippen molar-refractivity contribution in [2.75, 3.05) is 0 Å². The van der Waals surface area contributed by atoms with Crippen LogP contribution in [-0.2, 0) is 15.6 Å². The summed E-state index contributed by atoms with van der Waals surface area (Å²) in [6.45, 7) is 4.52. The Balaban J connectivity index is 2.22. The van der Waals surface area contributed by atoms with Gasteiger partial charge in [-0.25, -0.2) is 8.42 Å². The molecule has 0 radical (unpaired) electrons. The molecule has 0 spiro atoms. The van der Waals surface area contributed by atoms with Gasteiger partial charge in [0.15, 0.2) is 5.82 Å². The van der Waals surface area contributed by atoms with E-state index in [2.05, 4.69) is 15.3 Å². The molecule has 3 rings (SSSR count). The van der Waals surface area contributed by atoms with Gasteiger partial charge in [-0.2, -0.15) is 5.10 Å². The van der Waals surface area contributed by atoms with Crippen LogP contribution >= 0.6 is 10.7 Å². The van der Waals surface area contributed by atoms with Crippen LogP contribution in [0.3, 0.4) is 0 Å². The summed E-state index contributed by atoms with van der Waals surface area (Å²) in [6, 6.07) is 1.97. The van der Waals surface area contributed by atoms with Crippen LogP contribution < -0.4 is 0 Å². The van der Waals surface area contributed by atoms with Crippen LogP contribution in [-0.4, -0.2) is 33.0 Å². The largest absolute Gasteiger partial charge is 0.296 e. The first kappa shape index (κ1) is 13.6. The van der Waals surface area contributed by atoms with Crippen molar-refractivity contribution in [3.05, 3.63) is 11.8 Å². The fraction of sp³-hybridized carbons (Fsp3) is 0.545. The molecule has 0 unspecified atom stereocenters. The van der Waals surface area contributed by atoms with Gasteiger partial charge in [-0.3, -0.25) is 9.25 Å². The van der Waals surface area contributed by atoms with E-state index < -0.39 is 9.05 Å². The molecule has 0 bridgehead atoms. The van der Waals surface area contributed by atoms with E-state index in [1.165, 1.54) is 0 Å². The van der Waals surface area contributed by atoms with Crippen LogP contribution in [0.2, 0.25) is 0 Å². The van der Waals surface area contributed by atoms with Crippen molar-refractivity contribution in [2.24, 2.45) is 0 Å². The summed E-state index contributed by atoms with van der Waals surface area (Å²) in [6.07, 6.45) is 1.81. The van der Waals surface area contributed by atoms with E-state index in [0.29, 0.717) is 12.4 Å². The molecule has 0 saturated heterocycles. The first-order valence-electron chi connectivity index (χ1n) is 6.36. The number of aryl methyl sites for hydroxylation is 2.